The Hall–Kier alpha value is -0.770. The van der Waals surface area contributed by atoms with Gasteiger partial charge in [0.05, 0.1) is 34.4 Å². The third-order valence-electron chi connectivity index (χ3n) is 9.49. The van der Waals surface area contributed by atoms with E-state index in [1.54, 1.807) is 0 Å². The summed E-state index contributed by atoms with van der Waals surface area (Å²) in [6, 6.07) is 0. The number of rotatable bonds is 39. The predicted molar refractivity (Wildman–Crippen MR) is 219 cm³/mol. The minimum absolute atomic E-state index is 0.808. The van der Waals surface area contributed by atoms with Crippen LogP contribution in [0.3, 0.4) is 0 Å². The fraction of sp³-hybridized carbons (Fsp3) is 0.907. The minimum atomic E-state index is -4.41. The van der Waals surface area contributed by atoms with Crippen LogP contribution in [0.25, 0.3) is 0 Å². The molecule has 0 rings (SSSR count). The SMILES string of the molecule is CCCCCCCC/C=C\CCCCCCCCOCC[N+](C)(C)CCOCCCCCCCC/C=C\CCCCCCCC.COS(=O)(=O)[O-]. The van der Waals surface area contributed by atoms with Crippen molar-refractivity contribution in [3.05, 3.63) is 24.3 Å². The van der Waals surface area contributed by atoms with Gasteiger partial charge in [-0.3, -0.25) is 4.18 Å². The van der Waals surface area contributed by atoms with Crippen molar-refractivity contribution < 1.29 is 31.1 Å². The fourth-order valence-electron chi connectivity index (χ4n) is 5.84. The Balaban J connectivity index is 0. The molecule has 51 heavy (non-hydrogen) atoms. The van der Waals surface area contributed by atoms with E-state index in [9.17, 15) is 13.0 Å². The first-order chi connectivity index (χ1) is 24.7. The maximum absolute atomic E-state index is 9.22. The molecule has 0 amide bonds. The molecule has 8 heteroatoms. The highest BCUT2D eigenvalue weighted by atomic mass is 32.3. The number of unbranched alkanes of at least 4 members (excludes halogenated alkanes) is 24. The van der Waals surface area contributed by atoms with Gasteiger partial charge in [-0.2, -0.15) is 0 Å². The average Bonchev–Trinajstić information content (AvgIpc) is 3.10. The topological polar surface area (TPSA) is 84.9 Å². The largest absolute Gasteiger partial charge is 0.726 e. The molecule has 306 valence electrons. The lowest BCUT2D eigenvalue weighted by molar-refractivity contribution is -0.891. The number of hydrogen-bond acceptors (Lipinski definition) is 6. The monoisotopic (exact) mass is 746 g/mol. The Morgan fingerprint density at radius 3 is 0.980 bits per heavy atom. The van der Waals surface area contributed by atoms with Crippen molar-refractivity contribution in [2.45, 2.75) is 194 Å². The molecule has 0 saturated carbocycles. The van der Waals surface area contributed by atoms with Gasteiger partial charge >= 0.3 is 0 Å². The Morgan fingerprint density at radius 1 is 0.451 bits per heavy atom. The summed E-state index contributed by atoms with van der Waals surface area (Å²) in [5.74, 6) is 0. The molecular formula is C43H87NO6S. The van der Waals surface area contributed by atoms with E-state index in [1.165, 1.54) is 180 Å². The molecule has 0 spiro atoms. The number of hydrogen-bond donors (Lipinski definition) is 0. The van der Waals surface area contributed by atoms with Gasteiger partial charge in [0.2, 0.25) is 10.4 Å². The van der Waals surface area contributed by atoms with Crippen LogP contribution in [0.2, 0.25) is 0 Å². The molecule has 0 unspecified atom stereocenters. The zero-order chi connectivity index (χ0) is 38.0. The number of likely N-dealkylation sites (N-methyl/N-ethyl adjacent to an activating group) is 1. The molecular weight excluding hydrogens is 659 g/mol. The average molecular weight is 746 g/mol. The molecule has 0 bridgehead atoms. The summed E-state index contributed by atoms with van der Waals surface area (Å²) in [5, 5.41) is 0. The Bertz CT molecular complexity index is 780. The van der Waals surface area contributed by atoms with Gasteiger partial charge in [-0.15, -0.1) is 0 Å². The summed E-state index contributed by atoms with van der Waals surface area (Å²) < 4.78 is 43.9. The number of quaternary nitrogens is 1. The molecule has 0 heterocycles. The van der Waals surface area contributed by atoms with Crippen LogP contribution in [0.1, 0.15) is 194 Å². The second-order valence-corrected chi connectivity index (χ2v) is 16.2. The van der Waals surface area contributed by atoms with Gasteiger partial charge in [0.1, 0.15) is 13.1 Å². The molecule has 0 fully saturated rings. The van der Waals surface area contributed by atoms with Crippen LogP contribution in [0.5, 0.6) is 0 Å². The Labute approximate surface area is 319 Å². The summed E-state index contributed by atoms with van der Waals surface area (Å²) in [4.78, 5) is 0. The van der Waals surface area contributed by atoms with Crippen LogP contribution >= 0.6 is 0 Å². The zero-order valence-corrected chi connectivity index (χ0v) is 35.5. The van der Waals surface area contributed by atoms with Crippen molar-refractivity contribution in [1.29, 1.82) is 0 Å². The zero-order valence-electron chi connectivity index (χ0n) is 34.7. The summed E-state index contributed by atoms with van der Waals surface area (Å²) >= 11 is 0. The first-order valence-corrected chi connectivity index (χ1v) is 22.8. The van der Waals surface area contributed by atoms with E-state index in [4.69, 9.17) is 9.47 Å². The molecule has 0 N–H and O–H groups in total. The Kier molecular flexibility index (Phi) is 43.1. The lowest BCUT2D eigenvalue weighted by Crippen LogP contribution is -2.44. The van der Waals surface area contributed by atoms with Gasteiger partial charge in [0.25, 0.3) is 0 Å². The van der Waals surface area contributed by atoms with Crippen LogP contribution in [0.15, 0.2) is 24.3 Å². The van der Waals surface area contributed by atoms with Gasteiger partial charge in [0.15, 0.2) is 0 Å². The quantitative estimate of drug-likeness (QED) is 0.0205. The minimum Gasteiger partial charge on any atom is -0.726 e. The summed E-state index contributed by atoms with van der Waals surface area (Å²) in [7, 11) is 1.01. The van der Waals surface area contributed by atoms with E-state index in [1.807, 2.05) is 0 Å². The van der Waals surface area contributed by atoms with Crippen LogP contribution in [-0.4, -0.2) is 78.2 Å². The van der Waals surface area contributed by atoms with Gasteiger partial charge < -0.3 is 18.5 Å². The van der Waals surface area contributed by atoms with Crippen molar-refractivity contribution >= 4 is 10.4 Å². The van der Waals surface area contributed by atoms with Crippen LogP contribution in [0.4, 0.5) is 0 Å². The first-order valence-electron chi connectivity index (χ1n) is 21.5. The second-order valence-electron chi connectivity index (χ2n) is 15.1. The highest BCUT2D eigenvalue weighted by Crippen LogP contribution is 2.12. The second kappa shape index (κ2) is 42.0. The van der Waals surface area contributed by atoms with Crippen molar-refractivity contribution in [2.75, 3.05) is 60.7 Å². The Morgan fingerprint density at radius 2 is 0.706 bits per heavy atom. The smallest absolute Gasteiger partial charge is 0.217 e. The van der Waals surface area contributed by atoms with Gasteiger partial charge in [0, 0.05) is 13.2 Å². The molecule has 0 aliphatic heterocycles. The van der Waals surface area contributed by atoms with Crippen molar-refractivity contribution in [3.8, 4) is 0 Å². The maximum atomic E-state index is 9.22. The lowest BCUT2D eigenvalue weighted by atomic mass is 10.1. The van der Waals surface area contributed by atoms with Gasteiger partial charge in [-0.1, -0.05) is 154 Å². The van der Waals surface area contributed by atoms with Crippen molar-refractivity contribution in [1.82, 2.24) is 0 Å². The summed E-state index contributed by atoms with van der Waals surface area (Å²) in [6.45, 7) is 10.3. The standard InChI is InChI=1S/C42H84NO2.CH4O4S/c1-5-7-9-11-13-15-17-19-21-23-25-27-29-31-33-35-39-44-41-37-43(3,4)38-42-45-40-36-34-32-30-28-26-24-22-20-18-16-14-12-10-8-6-2;1-5-6(2,3)4/h19-22H,5-18,23-42H2,1-4H3;1H3,(H,2,3,4)/q+1;/p-1/b21-19-,22-20-;. The molecule has 0 radical (unpaired) electrons. The van der Waals surface area contributed by atoms with Gasteiger partial charge in [-0.25, -0.2) is 8.42 Å². The molecule has 0 aliphatic rings. The third-order valence-corrected chi connectivity index (χ3v) is 9.90. The van der Waals surface area contributed by atoms with E-state index in [0.717, 1.165) is 51.1 Å². The van der Waals surface area contributed by atoms with Crippen LogP contribution in [0, 0.1) is 0 Å². The van der Waals surface area contributed by atoms with Crippen molar-refractivity contribution in [2.24, 2.45) is 0 Å². The predicted octanol–water partition coefficient (Wildman–Crippen LogP) is 12.3. The number of allylic oxidation sites excluding steroid dienone is 4. The molecule has 0 saturated heterocycles. The third kappa shape index (κ3) is 51.4. The van der Waals surface area contributed by atoms with E-state index >= 15 is 0 Å². The molecule has 0 atom stereocenters. The normalized spacial score (nSPS) is 12.3. The summed E-state index contributed by atoms with van der Waals surface area (Å²) in [6.07, 6.45) is 47.7. The van der Waals surface area contributed by atoms with E-state index in [0.29, 0.717) is 0 Å². The van der Waals surface area contributed by atoms with Crippen LogP contribution < -0.4 is 0 Å². The van der Waals surface area contributed by atoms with Crippen molar-refractivity contribution in [3.63, 3.8) is 0 Å². The molecule has 0 aliphatic carbocycles. The lowest BCUT2D eigenvalue weighted by Gasteiger charge is -2.29. The van der Waals surface area contributed by atoms with E-state index < -0.39 is 10.4 Å². The highest BCUT2D eigenvalue weighted by Gasteiger charge is 2.14. The highest BCUT2D eigenvalue weighted by molar-refractivity contribution is 7.80. The molecule has 7 nitrogen and oxygen atoms in total. The number of ether oxygens (including phenoxy) is 2. The fourth-order valence-corrected chi connectivity index (χ4v) is 5.84. The van der Waals surface area contributed by atoms with E-state index in [-0.39, 0.29) is 0 Å². The first kappa shape index (κ1) is 52.3. The van der Waals surface area contributed by atoms with E-state index in [2.05, 4.69) is 56.4 Å². The maximum Gasteiger partial charge on any atom is 0.217 e. The molecule has 0 aromatic carbocycles. The number of nitrogens with zero attached hydrogens (tertiary/aromatic N) is 1. The summed E-state index contributed by atoms with van der Waals surface area (Å²) in [5.41, 5.74) is 0. The van der Waals surface area contributed by atoms with Crippen LogP contribution in [-0.2, 0) is 24.1 Å². The van der Waals surface area contributed by atoms with Gasteiger partial charge in [-0.05, 0) is 64.2 Å². The molecule has 0 aromatic heterocycles. The molecule has 0 aromatic rings.